The smallest absolute Gasteiger partial charge is 0.231 e. The van der Waals surface area contributed by atoms with E-state index in [1.807, 2.05) is 6.07 Å². The van der Waals surface area contributed by atoms with Crippen LogP contribution in [-0.4, -0.2) is 32.4 Å². The van der Waals surface area contributed by atoms with E-state index in [-0.39, 0.29) is 23.9 Å². The van der Waals surface area contributed by atoms with E-state index in [0.29, 0.717) is 39.7 Å². The van der Waals surface area contributed by atoms with Gasteiger partial charge in [-0.1, -0.05) is 30.3 Å². The largest absolute Gasteiger partial charge is 0.497 e. The van der Waals surface area contributed by atoms with Gasteiger partial charge in [-0.25, -0.2) is 0 Å². The quantitative estimate of drug-likeness (QED) is 0.415. The van der Waals surface area contributed by atoms with Crippen LogP contribution in [0.5, 0.6) is 23.0 Å². The second-order valence-corrected chi connectivity index (χ2v) is 6.78. The van der Waals surface area contributed by atoms with Crippen molar-refractivity contribution in [3.05, 3.63) is 89.2 Å². The van der Waals surface area contributed by atoms with Crippen molar-refractivity contribution in [1.29, 1.82) is 0 Å². The summed E-state index contributed by atoms with van der Waals surface area (Å²) in [6.45, 7) is -0.111. The lowest BCUT2D eigenvalue weighted by molar-refractivity contribution is 0.0921. The standard InChI is InChI=1S/C25H20O6/c1-28-18-9-11-22(29-2)17(12-18)13-24-25(27)20-10-8-19(14-23(20)31-24)30-15-21(26)16-6-4-3-5-7-16/h3-14H,15H2,1-2H3. The fraction of sp³-hybridized carbons (Fsp3) is 0.120. The summed E-state index contributed by atoms with van der Waals surface area (Å²) in [5.41, 5.74) is 1.66. The first-order valence-corrected chi connectivity index (χ1v) is 9.60. The first-order valence-electron chi connectivity index (χ1n) is 9.60. The van der Waals surface area contributed by atoms with Crippen molar-refractivity contribution in [2.75, 3.05) is 20.8 Å². The van der Waals surface area contributed by atoms with Gasteiger partial charge >= 0.3 is 0 Å². The monoisotopic (exact) mass is 416 g/mol. The van der Waals surface area contributed by atoms with Gasteiger partial charge in [0.1, 0.15) is 23.0 Å². The van der Waals surface area contributed by atoms with Gasteiger partial charge in [0.25, 0.3) is 0 Å². The zero-order valence-corrected chi connectivity index (χ0v) is 17.1. The van der Waals surface area contributed by atoms with Crippen LogP contribution in [0.4, 0.5) is 0 Å². The zero-order chi connectivity index (χ0) is 21.8. The zero-order valence-electron chi connectivity index (χ0n) is 17.1. The van der Waals surface area contributed by atoms with Crippen LogP contribution in [0.1, 0.15) is 26.3 Å². The van der Waals surface area contributed by atoms with E-state index in [0.717, 1.165) is 0 Å². The average Bonchev–Trinajstić information content (AvgIpc) is 3.12. The molecule has 6 nitrogen and oxygen atoms in total. The molecule has 3 aromatic rings. The first kappa shape index (κ1) is 20.2. The van der Waals surface area contributed by atoms with Crippen LogP contribution in [0.15, 0.2) is 72.5 Å². The van der Waals surface area contributed by atoms with Crippen LogP contribution >= 0.6 is 0 Å². The highest BCUT2D eigenvalue weighted by Gasteiger charge is 2.28. The third-order valence-corrected chi connectivity index (χ3v) is 4.83. The van der Waals surface area contributed by atoms with Crippen molar-refractivity contribution in [2.24, 2.45) is 0 Å². The third-order valence-electron chi connectivity index (χ3n) is 4.83. The van der Waals surface area contributed by atoms with E-state index in [1.165, 1.54) is 0 Å². The first-order chi connectivity index (χ1) is 15.1. The lowest BCUT2D eigenvalue weighted by atomic mass is 10.1. The lowest BCUT2D eigenvalue weighted by Crippen LogP contribution is -2.11. The van der Waals surface area contributed by atoms with Crippen LogP contribution in [-0.2, 0) is 0 Å². The summed E-state index contributed by atoms with van der Waals surface area (Å²) >= 11 is 0. The molecule has 0 saturated carbocycles. The number of benzene rings is 3. The highest BCUT2D eigenvalue weighted by Crippen LogP contribution is 2.36. The molecule has 1 aliphatic heterocycles. The molecule has 0 bridgehead atoms. The maximum absolute atomic E-state index is 12.8. The van der Waals surface area contributed by atoms with Gasteiger partial charge in [0.2, 0.25) is 5.78 Å². The van der Waals surface area contributed by atoms with Crippen molar-refractivity contribution in [1.82, 2.24) is 0 Å². The van der Waals surface area contributed by atoms with Gasteiger partial charge in [-0.05, 0) is 36.4 Å². The molecule has 6 heteroatoms. The van der Waals surface area contributed by atoms with Crippen LogP contribution in [0.25, 0.3) is 6.08 Å². The molecule has 0 aliphatic carbocycles. The topological polar surface area (TPSA) is 71.1 Å². The molecular formula is C25H20O6. The Morgan fingerprint density at radius 2 is 1.71 bits per heavy atom. The summed E-state index contributed by atoms with van der Waals surface area (Å²) in [6.07, 6.45) is 1.61. The van der Waals surface area contributed by atoms with Gasteiger partial charge in [-0.3, -0.25) is 9.59 Å². The molecule has 0 aromatic heterocycles. The summed E-state index contributed by atoms with van der Waals surface area (Å²) in [7, 11) is 3.12. The van der Waals surface area contributed by atoms with Crippen LogP contribution in [0.2, 0.25) is 0 Å². The van der Waals surface area contributed by atoms with E-state index >= 15 is 0 Å². The Labute approximate surface area is 179 Å². The number of ether oxygens (including phenoxy) is 4. The van der Waals surface area contributed by atoms with Crippen LogP contribution < -0.4 is 18.9 Å². The molecule has 3 aromatic carbocycles. The molecule has 0 N–H and O–H groups in total. The number of hydrogen-bond donors (Lipinski definition) is 0. The second kappa shape index (κ2) is 8.75. The van der Waals surface area contributed by atoms with Gasteiger partial charge in [-0.15, -0.1) is 0 Å². The molecule has 4 rings (SSSR count). The van der Waals surface area contributed by atoms with Crippen molar-refractivity contribution < 1.29 is 28.5 Å². The molecule has 0 fully saturated rings. The van der Waals surface area contributed by atoms with Crippen LogP contribution in [0, 0.1) is 0 Å². The predicted molar refractivity (Wildman–Crippen MR) is 115 cm³/mol. The molecule has 0 atom stereocenters. The maximum atomic E-state index is 12.8. The Bertz CT molecular complexity index is 1160. The number of carbonyl (C=O) groups excluding carboxylic acids is 2. The van der Waals surface area contributed by atoms with Crippen molar-refractivity contribution in [2.45, 2.75) is 0 Å². The van der Waals surface area contributed by atoms with Gasteiger partial charge < -0.3 is 18.9 Å². The lowest BCUT2D eigenvalue weighted by Gasteiger charge is -2.08. The summed E-state index contributed by atoms with van der Waals surface area (Å²) < 4.78 is 22.0. The number of rotatable bonds is 7. The van der Waals surface area contributed by atoms with E-state index in [1.54, 1.807) is 81.0 Å². The maximum Gasteiger partial charge on any atom is 0.231 e. The Kier molecular flexibility index (Phi) is 5.71. The van der Waals surface area contributed by atoms with Gasteiger partial charge in [0.05, 0.1) is 19.8 Å². The van der Waals surface area contributed by atoms with Gasteiger partial charge in [0, 0.05) is 17.2 Å². The molecule has 1 heterocycles. The molecule has 0 amide bonds. The number of ketones is 2. The van der Waals surface area contributed by atoms with Crippen LogP contribution in [0.3, 0.4) is 0 Å². The minimum Gasteiger partial charge on any atom is -0.497 e. The Hall–Kier alpha value is -4.06. The highest BCUT2D eigenvalue weighted by atomic mass is 16.5. The molecule has 0 unspecified atom stereocenters. The van der Waals surface area contributed by atoms with Gasteiger partial charge in [-0.2, -0.15) is 0 Å². The van der Waals surface area contributed by atoms with E-state index in [9.17, 15) is 9.59 Å². The molecule has 0 saturated heterocycles. The second-order valence-electron chi connectivity index (χ2n) is 6.78. The van der Waals surface area contributed by atoms with E-state index in [4.69, 9.17) is 18.9 Å². The predicted octanol–water partition coefficient (Wildman–Crippen LogP) is 4.58. The summed E-state index contributed by atoms with van der Waals surface area (Å²) in [5, 5.41) is 0. The Morgan fingerprint density at radius 1 is 0.935 bits per heavy atom. The third kappa shape index (κ3) is 4.28. The number of carbonyl (C=O) groups is 2. The fourth-order valence-corrected chi connectivity index (χ4v) is 3.21. The summed E-state index contributed by atoms with van der Waals surface area (Å²) in [5.74, 6) is 1.83. The van der Waals surface area contributed by atoms with Crippen molar-refractivity contribution in [3.8, 4) is 23.0 Å². The normalized spacial score (nSPS) is 13.5. The molecule has 156 valence electrons. The van der Waals surface area contributed by atoms with E-state index < -0.39 is 0 Å². The highest BCUT2D eigenvalue weighted by molar-refractivity contribution is 6.14. The summed E-state index contributed by atoms with van der Waals surface area (Å²) in [6, 6.07) is 19.1. The molecular weight excluding hydrogens is 396 g/mol. The molecule has 31 heavy (non-hydrogen) atoms. The number of methoxy groups -OCH3 is 2. The number of fused-ring (bicyclic) bond motifs is 1. The minimum atomic E-state index is -0.244. The Morgan fingerprint density at radius 3 is 2.45 bits per heavy atom. The average molecular weight is 416 g/mol. The van der Waals surface area contributed by atoms with Crippen molar-refractivity contribution in [3.63, 3.8) is 0 Å². The fourth-order valence-electron chi connectivity index (χ4n) is 3.21. The molecule has 0 spiro atoms. The molecule has 1 aliphatic rings. The van der Waals surface area contributed by atoms with Crippen molar-refractivity contribution >= 4 is 17.6 Å². The Balaban J connectivity index is 1.52. The van der Waals surface area contributed by atoms with E-state index in [2.05, 4.69) is 0 Å². The van der Waals surface area contributed by atoms with Gasteiger partial charge in [0.15, 0.2) is 18.1 Å². The number of hydrogen-bond acceptors (Lipinski definition) is 6. The minimum absolute atomic E-state index is 0.111. The summed E-state index contributed by atoms with van der Waals surface area (Å²) in [4.78, 5) is 25.0. The number of allylic oxidation sites excluding steroid dienone is 1. The SMILES string of the molecule is COc1ccc(OC)c(C=C2Oc3cc(OCC(=O)c4ccccc4)ccc3C2=O)c1. The molecule has 0 radical (unpaired) electrons. The number of Topliss-reactive ketones (excluding diaryl/α,β-unsaturated/α-hetero) is 2.